The molecule has 0 spiro atoms. The highest BCUT2D eigenvalue weighted by Gasteiger charge is 2.06. The fourth-order valence-corrected chi connectivity index (χ4v) is 2.59. The zero-order chi connectivity index (χ0) is 14.4. The summed E-state index contributed by atoms with van der Waals surface area (Å²) in [6, 6.07) is 11.2. The van der Waals surface area contributed by atoms with Crippen LogP contribution in [0.1, 0.15) is 11.1 Å². The van der Waals surface area contributed by atoms with Crippen molar-refractivity contribution in [3.05, 3.63) is 65.2 Å². The Morgan fingerprint density at radius 1 is 1.10 bits per heavy atom. The van der Waals surface area contributed by atoms with Gasteiger partial charge in [0.15, 0.2) is 0 Å². The van der Waals surface area contributed by atoms with E-state index >= 15 is 0 Å². The van der Waals surface area contributed by atoms with Crippen LogP contribution in [0.2, 0.25) is 0 Å². The van der Waals surface area contributed by atoms with Crippen LogP contribution in [0.15, 0.2) is 47.4 Å². The maximum atomic E-state index is 13.6. The zero-order valence-electron chi connectivity index (χ0n) is 10.7. The van der Waals surface area contributed by atoms with Crippen molar-refractivity contribution >= 4 is 11.8 Å². The molecule has 0 fully saturated rings. The number of nitrogens with two attached hydrogens (primary N) is 1. The first kappa shape index (κ1) is 14.6. The largest absolute Gasteiger partial charge is 0.320 e. The van der Waals surface area contributed by atoms with Gasteiger partial charge in [-0.3, -0.25) is 0 Å². The molecule has 2 aromatic rings. The summed E-state index contributed by atoms with van der Waals surface area (Å²) in [7, 11) is 0. The van der Waals surface area contributed by atoms with Crippen LogP contribution in [0.5, 0.6) is 0 Å². The molecule has 0 radical (unpaired) electrons. The standard InChI is InChI=1S/C16H13F2NS/c17-14-7-8-16(15(18)10-14)20-11-13-5-2-1-4-12(13)6-3-9-19/h1-2,4-5,7-8,10H,9,11,19H2. The lowest BCUT2D eigenvalue weighted by atomic mass is 10.1. The van der Waals surface area contributed by atoms with Crippen LogP contribution in [-0.2, 0) is 5.75 Å². The summed E-state index contributed by atoms with van der Waals surface area (Å²) in [5.74, 6) is 5.26. The Balaban J connectivity index is 2.14. The summed E-state index contributed by atoms with van der Waals surface area (Å²) in [5, 5.41) is 0. The zero-order valence-corrected chi connectivity index (χ0v) is 11.5. The molecule has 0 aliphatic rings. The monoisotopic (exact) mass is 289 g/mol. The minimum Gasteiger partial charge on any atom is -0.320 e. The molecule has 1 nitrogen and oxygen atoms in total. The lowest BCUT2D eigenvalue weighted by molar-refractivity contribution is 0.565. The molecule has 0 unspecified atom stereocenters. The summed E-state index contributed by atoms with van der Waals surface area (Å²) >= 11 is 1.32. The molecule has 2 rings (SSSR count). The molecule has 0 aliphatic heterocycles. The SMILES string of the molecule is NCC#Cc1ccccc1CSc1ccc(F)cc1F. The lowest BCUT2D eigenvalue weighted by Crippen LogP contribution is -1.94. The first-order chi connectivity index (χ1) is 9.70. The second-order valence-electron chi connectivity index (χ2n) is 4.03. The number of halogens is 2. The van der Waals surface area contributed by atoms with E-state index in [1.54, 1.807) is 0 Å². The van der Waals surface area contributed by atoms with Crippen molar-refractivity contribution in [3.63, 3.8) is 0 Å². The highest BCUT2D eigenvalue weighted by Crippen LogP contribution is 2.27. The van der Waals surface area contributed by atoms with Crippen molar-refractivity contribution < 1.29 is 8.78 Å². The Bertz CT molecular complexity index is 659. The fourth-order valence-electron chi connectivity index (χ4n) is 1.66. The predicted octanol–water partition coefficient (Wildman–Crippen LogP) is 3.57. The van der Waals surface area contributed by atoms with E-state index < -0.39 is 11.6 Å². The molecule has 0 amide bonds. The predicted molar refractivity (Wildman–Crippen MR) is 78.3 cm³/mol. The van der Waals surface area contributed by atoms with E-state index in [1.165, 1.54) is 23.9 Å². The number of hydrogen-bond acceptors (Lipinski definition) is 2. The van der Waals surface area contributed by atoms with Crippen molar-refractivity contribution in [1.29, 1.82) is 0 Å². The van der Waals surface area contributed by atoms with Gasteiger partial charge in [0.25, 0.3) is 0 Å². The third-order valence-electron chi connectivity index (χ3n) is 2.62. The van der Waals surface area contributed by atoms with E-state index in [4.69, 9.17) is 5.73 Å². The fraction of sp³-hybridized carbons (Fsp3) is 0.125. The Morgan fingerprint density at radius 3 is 2.65 bits per heavy atom. The normalized spacial score (nSPS) is 9.95. The second-order valence-corrected chi connectivity index (χ2v) is 5.04. The number of benzene rings is 2. The highest BCUT2D eigenvalue weighted by atomic mass is 32.2. The molecular weight excluding hydrogens is 276 g/mol. The van der Waals surface area contributed by atoms with Gasteiger partial charge in [0.05, 0.1) is 6.54 Å². The van der Waals surface area contributed by atoms with Gasteiger partial charge >= 0.3 is 0 Å². The molecule has 0 heterocycles. The third-order valence-corrected chi connectivity index (χ3v) is 3.72. The summed E-state index contributed by atoms with van der Waals surface area (Å²) in [6.07, 6.45) is 0. The molecule has 2 N–H and O–H groups in total. The van der Waals surface area contributed by atoms with E-state index in [0.29, 0.717) is 17.2 Å². The van der Waals surface area contributed by atoms with Crippen LogP contribution < -0.4 is 5.73 Å². The second kappa shape index (κ2) is 7.09. The summed E-state index contributed by atoms with van der Waals surface area (Å²) in [4.78, 5) is 0.424. The van der Waals surface area contributed by atoms with Gasteiger partial charge in [0, 0.05) is 22.3 Å². The van der Waals surface area contributed by atoms with Gasteiger partial charge in [0.1, 0.15) is 11.6 Å². The van der Waals surface area contributed by atoms with Crippen molar-refractivity contribution in [2.45, 2.75) is 10.6 Å². The summed E-state index contributed by atoms with van der Waals surface area (Å²) in [6.45, 7) is 0.300. The molecule has 0 aliphatic carbocycles. The number of rotatable bonds is 3. The van der Waals surface area contributed by atoms with E-state index in [0.717, 1.165) is 17.2 Å². The Kier molecular flexibility index (Phi) is 5.16. The van der Waals surface area contributed by atoms with E-state index in [-0.39, 0.29) is 0 Å². The van der Waals surface area contributed by atoms with Crippen LogP contribution in [0.25, 0.3) is 0 Å². The summed E-state index contributed by atoms with van der Waals surface area (Å²) in [5.41, 5.74) is 7.25. The van der Waals surface area contributed by atoms with E-state index in [2.05, 4.69) is 11.8 Å². The average molecular weight is 289 g/mol. The molecule has 0 saturated carbocycles. The van der Waals surface area contributed by atoms with Gasteiger partial charge in [-0.2, -0.15) is 0 Å². The molecule has 0 saturated heterocycles. The van der Waals surface area contributed by atoms with Crippen LogP contribution >= 0.6 is 11.8 Å². The molecule has 20 heavy (non-hydrogen) atoms. The van der Waals surface area contributed by atoms with Crippen molar-refractivity contribution in [3.8, 4) is 11.8 Å². The number of hydrogen-bond donors (Lipinski definition) is 1. The first-order valence-corrected chi connectivity index (χ1v) is 7.04. The van der Waals surface area contributed by atoms with Gasteiger partial charge in [0.2, 0.25) is 0 Å². The minimum atomic E-state index is -0.568. The molecule has 0 aromatic heterocycles. The quantitative estimate of drug-likeness (QED) is 0.690. The van der Waals surface area contributed by atoms with Gasteiger partial charge in [-0.25, -0.2) is 8.78 Å². The topological polar surface area (TPSA) is 26.0 Å². The lowest BCUT2D eigenvalue weighted by Gasteiger charge is -2.05. The maximum absolute atomic E-state index is 13.6. The Morgan fingerprint density at radius 2 is 1.90 bits per heavy atom. The smallest absolute Gasteiger partial charge is 0.139 e. The van der Waals surface area contributed by atoms with Crippen molar-refractivity contribution in [2.24, 2.45) is 5.73 Å². The van der Waals surface area contributed by atoms with E-state index in [9.17, 15) is 8.78 Å². The molecule has 102 valence electrons. The van der Waals surface area contributed by atoms with Crippen LogP contribution in [-0.4, -0.2) is 6.54 Å². The van der Waals surface area contributed by atoms with Crippen molar-refractivity contribution in [1.82, 2.24) is 0 Å². The minimum absolute atomic E-state index is 0.300. The molecule has 4 heteroatoms. The third kappa shape index (κ3) is 3.83. The van der Waals surface area contributed by atoms with Crippen LogP contribution in [0.3, 0.4) is 0 Å². The van der Waals surface area contributed by atoms with Gasteiger partial charge in [-0.15, -0.1) is 11.8 Å². The molecule has 2 aromatic carbocycles. The van der Waals surface area contributed by atoms with E-state index in [1.807, 2.05) is 24.3 Å². The molecular formula is C16H13F2NS. The molecule has 0 bridgehead atoms. The van der Waals surface area contributed by atoms with Crippen LogP contribution in [0.4, 0.5) is 8.78 Å². The van der Waals surface area contributed by atoms with Crippen molar-refractivity contribution in [2.75, 3.05) is 6.54 Å². The van der Waals surface area contributed by atoms with Crippen LogP contribution in [0, 0.1) is 23.5 Å². The first-order valence-electron chi connectivity index (χ1n) is 6.05. The molecule has 0 atom stereocenters. The van der Waals surface area contributed by atoms with Gasteiger partial charge in [-0.1, -0.05) is 30.0 Å². The van der Waals surface area contributed by atoms with Gasteiger partial charge < -0.3 is 5.73 Å². The van der Waals surface area contributed by atoms with Gasteiger partial charge in [-0.05, 0) is 23.8 Å². The summed E-state index contributed by atoms with van der Waals surface area (Å²) < 4.78 is 26.4. The number of thioether (sulfide) groups is 1. The average Bonchev–Trinajstić information content (AvgIpc) is 2.45. The maximum Gasteiger partial charge on any atom is 0.139 e. The Labute approximate surface area is 121 Å². The Hall–Kier alpha value is -1.83. The highest BCUT2D eigenvalue weighted by molar-refractivity contribution is 7.98.